The minimum absolute atomic E-state index is 0.207. The van der Waals surface area contributed by atoms with Gasteiger partial charge in [0.05, 0.1) is 10.6 Å². The average Bonchev–Trinajstić information content (AvgIpc) is 2.80. The Bertz CT molecular complexity index is 642. The Balaban J connectivity index is 2.12. The van der Waals surface area contributed by atoms with Crippen LogP contribution >= 0.6 is 0 Å². The second kappa shape index (κ2) is 5.64. The highest BCUT2D eigenvalue weighted by atomic mass is 19.2. The van der Waals surface area contributed by atoms with E-state index in [1.54, 1.807) is 24.0 Å². The summed E-state index contributed by atoms with van der Waals surface area (Å²) < 4.78 is 28.3. The summed E-state index contributed by atoms with van der Waals surface area (Å²) in [5, 5.41) is 17.5. The number of benzene rings is 1. The van der Waals surface area contributed by atoms with E-state index < -0.39 is 27.9 Å². The number of rotatable bonds is 5. The van der Waals surface area contributed by atoms with E-state index in [-0.39, 0.29) is 6.54 Å². The molecule has 0 spiro atoms. The number of aryl methyl sites for hydroxylation is 1. The average molecular weight is 282 g/mol. The molecule has 1 N–H and O–H groups in total. The molecule has 2 aromatic rings. The standard InChI is InChI=1S/C12H12F2N4O2/c1-17-7-5-8(16-17)4-6-15-12-10(18(19)20)3-2-9(13)11(12)14/h2-3,5,7,15H,4,6H2,1H3. The second-order valence-corrected chi connectivity index (χ2v) is 4.17. The van der Waals surface area contributed by atoms with Crippen molar-refractivity contribution >= 4 is 11.4 Å². The molecule has 20 heavy (non-hydrogen) atoms. The Labute approximate surface area is 113 Å². The molecule has 1 aromatic carbocycles. The van der Waals surface area contributed by atoms with Crippen LogP contribution in [0.1, 0.15) is 5.69 Å². The van der Waals surface area contributed by atoms with E-state index in [0.29, 0.717) is 6.42 Å². The predicted molar refractivity (Wildman–Crippen MR) is 68.4 cm³/mol. The Kier molecular flexibility index (Phi) is 3.92. The molecule has 0 bridgehead atoms. The molecule has 0 amide bonds. The first kappa shape index (κ1) is 13.9. The zero-order chi connectivity index (χ0) is 14.7. The molecule has 0 aliphatic carbocycles. The van der Waals surface area contributed by atoms with Gasteiger partial charge in [0.25, 0.3) is 5.69 Å². The van der Waals surface area contributed by atoms with Crippen LogP contribution in [0.25, 0.3) is 0 Å². The highest BCUT2D eigenvalue weighted by Gasteiger charge is 2.21. The lowest BCUT2D eigenvalue weighted by Crippen LogP contribution is -2.10. The van der Waals surface area contributed by atoms with Crippen LogP contribution < -0.4 is 5.32 Å². The highest BCUT2D eigenvalue weighted by Crippen LogP contribution is 2.28. The number of halogens is 2. The number of hydrogen-bond acceptors (Lipinski definition) is 4. The van der Waals surface area contributed by atoms with Gasteiger partial charge in [-0.3, -0.25) is 14.8 Å². The van der Waals surface area contributed by atoms with Gasteiger partial charge in [0, 0.05) is 32.3 Å². The normalized spacial score (nSPS) is 10.6. The largest absolute Gasteiger partial charge is 0.377 e. The molecule has 6 nitrogen and oxygen atoms in total. The lowest BCUT2D eigenvalue weighted by atomic mass is 10.2. The Morgan fingerprint density at radius 1 is 1.40 bits per heavy atom. The van der Waals surface area contributed by atoms with Crippen LogP contribution in [0.2, 0.25) is 0 Å². The summed E-state index contributed by atoms with van der Waals surface area (Å²) in [4.78, 5) is 10.0. The molecular formula is C12H12F2N4O2. The van der Waals surface area contributed by atoms with Crippen LogP contribution in [-0.4, -0.2) is 21.2 Å². The van der Waals surface area contributed by atoms with Gasteiger partial charge in [0.15, 0.2) is 17.3 Å². The SMILES string of the molecule is Cn1ccc(CCNc2c([N+](=O)[O-])ccc(F)c2F)n1. The fourth-order valence-corrected chi connectivity index (χ4v) is 1.77. The lowest BCUT2D eigenvalue weighted by Gasteiger charge is -2.07. The smallest absolute Gasteiger partial charge is 0.295 e. The minimum atomic E-state index is -1.25. The summed E-state index contributed by atoms with van der Waals surface area (Å²) in [6, 6.07) is 3.44. The summed E-state index contributed by atoms with van der Waals surface area (Å²) in [6.45, 7) is 0.207. The van der Waals surface area contributed by atoms with Crippen molar-refractivity contribution in [3.63, 3.8) is 0 Å². The minimum Gasteiger partial charge on any atom is -0.377 e. The third kappa shape index (κ3) is 2.90. The third-order valence-electron chi connectivity index (χ3n) is 2.72. The van der Waals surface area contributed by atoms with Crippen molar-refractivity contribution in [2.24, 2.45) is 7.05 Å². The molecule has 2 rings (SSSR count). The van der Waals surface area contributed by atoms with Crippen molar-refractivity contribution in [3.05, 3.63) is 51.8 Å². The van der Waals surface area contributed by atoms with Crippen molar-refractivity contribution in [2.45, 2.75) is 6.42 Å². The first-order chi connectivity index (χ1) is 9.49. The van der Waals surface area contributed by atoms with Crippen LogP contribution in [0, 0.1) is 21.7 Å². The molecule has 106 valence electrons. The Morgan fingerprint density at radius 2 is 2.15 bits per heavy atom. The molecule has 0 unspecified atom stereocenters. The van der Waals surface area contributed by atoms with Gasteiger partial charge in [-0.25, -0.2) is 8.78 Å². The molecule has 0 radical (unpaired) electrons. The summed E-state index contributed by atoms with van der Waals surface area (Å²) in [5.41, 5.74) is -0.185. The first-order valence-electron chi connectivity index (χ1n) is 5.84. The number of nitrogens with zero attached hydrogens (tertiary/aromatic N) is 3. The fraction of sp³-hybridized carbons (Fsp3) is 0.250. The maximum atomic E-state index is 13.6. The number of hydrogen-bond donors (Lipinski definition) is 1. The topological polar surface area (TPSA) is 73.0 Å². The number of nitrogens with one attached hydrogen (secondary N) is 1. The van der Waals surface area contributed by atoms with Crippen LogP contribution in [0.15, 0.2) is 24.4 Å². The van der Waals surface area contributed by atoms with Crippen molar-refractivity contribution in [3.8, 4) is 0 Å². The third-order valence-corrected chi connectivity index (χ3v) is 2.72. The van der Waals surface area contributed by atoms with Gasteiger partial charge in [-0.2, -0.15) is 5.10 Å². The number of nitro benzene ring substituents is 1. The van der Waals surface area contributed by atoms with Crippen molar-refractivity contribution in [1.29, 1.82) is 0 Å². The summed E-state index contributed by atoms with van der Waals surface area (Å²) in [5.74, 6) is -2.38. The van der Waals surface area contributed by atoms with E-state index in [0.717, 1.165) is 17.8 Å². The molecule has 0 fully saturated rings. The van der Waals surface area contributed by atoms with Gasteiger partial charge >= 0.3 is 0 Å². The summed E-state index contributed by atoms with van der Waals surface area (Å²) >= 11 is 0. The monoisotopic (exact) mass is 282 g/mol. The van der Waals surface area contributed by atoms with Crippen molar-refractivity contribution < 1.29 is 13.7 Å². The Morgan fingerprint density at radius 3 is 2.75 bits per heavy atom. The number of nitro groups is 1. The maximum Gasteiger partial charge on any atom is 0.295 e. The molecule has 0 atom stereocenters. The predicted octanol–water partition coefficient (Wildman–Crippen LogP) is 2.26. The van der Waals surface area contributed by atoms with Gasteiger partial charge in [0.2, 0.25) is 0 Å². The summed E-state index contributed by atoms with van der Waals surface area (Å²) in [7, 11) is 1.76. The Hall–Kier alpha value is -2.51. The molecule has 1 aromatic heterocycles. The molecule has 1 heterocycles. The van der Waals surface area contributed by atoms with Crippen molar-refractivity contribution in [2.75, 3.05) is 11.9 Å². The fourth-order valence-electron chi connectivity index (χ4n) is 1.77. The molecule has 0 saturated carbocycles. The van der Waals surface area contributed by atoms with Gasteiger partial charge in [-0.15, -0.1) is 0 Å². The van der Waals surface area contributed by atoms with Gasteiger partial charge in [0.1, 0.15) is 0 Å². The van der Waals surface area contributed by atoms with Crippen LogP contribution in [0.5, 0.6) is 0 Å². The molecule has 8 heteroatoms. The van der Waals surface area contributed by atoms with Crippen LogP contribution in [0.4, 0.5) is 20.2 Å². The van der Waals surface area contributed by atoms with E-state index in [9.17, 15) is 18.9 Å². The van der Waals surface area contributed by atoms with E-state index in [1.807, 2.05) is 0 Å². The van der Waals surface area contributed by atoms with Crippen LogP contribution in [0.3, 0.4) is 0 Å². The lowest BCUT2D eigenvalue weighted by molar-refractivity contribution is -0.384. The van der Waals surface area contributed by atoms with Crippen molar-refractivity contribution in [1.82, 2.24) is 9.78 Å². The van der Waals surface area contributed by atoms with Gasteiger partial charge in [-0.05, 0) is 12.1 Å². The van der Waals surface area contributed by atoms with E-state index in [2.05, 4.69) is 10.4 Å². The van der Waals surface area contributed by atoms with E-state index in [1.165, 1.54) is 0 Å². The van der Waals surface area contributed by atoms with Gasteiger partial charge < -0.3 is 5.32 Å². The molecular weight excluding hydrogens is 270 g/mol. The number of aromatic nitrogens is 2. The molecule has 0 saturated heterocycles. The number of anilines is 1. The van der Waals surface area contributed by atoms with Crippen LogP contribution in [-0.2, 0) is 13.5 Å². The molecule has 0 aliphatic rings. The van der Waals surface area contributed by atoms with Gasteiger partial charge in [-0.1, -0.05) is 0 Å². The zero-order valence-electron chi connectivity index (χ0n) is 10.6. The summed E-state index contributed by atoms with van der Waals surface area (Å²) in [6.07, 6.45) is 2.19. The maximum absolute atomic E-state index is 13.6. The molecule has 0 aliphatic heterocycles. The first-order valence-corrected chi connectivity index (χ1v) is 5.84. The highest BCUT2D eigenvalue weighted by molar-refractivity contribution is 5.62. The van der Waals surface area contributed by atoms with E-state index in [4.69, 9.17) is 0 Å². The second-order valence-electron chi connectivity index (χ2n) is 4.17. The quantitative estimate of drug-likeness (QED) is 0.674. The zero-order valence-corrected chi connectivity index (χ0v) is 10.6. The van der Waals surface area contributed by atoms with E-state index >= 15 is 0 Å².